The normalized spacial score (nSPS) is 35.2. The van der Waals surface area contributed by atoms with Crippen molar-refractivity contribution in [3.63, 3.8) is 0 Å². The molecule has 0 aromatic heterocycles. The maximum atomic E-state index is 11.8. The highest BCUT2D eigenvalue weighted by Gasteiger charge is 2.58. The highest BCUT2D eigenvalue weighted by molar-refractivity contribution is 6.74. The largest absolute Gasteiger partial charge is 0.469 e. The SMILES string of the molecule is COC(=O)[C@@H]1CC2CC2[C@H]1O[Si](C)(C)C(C)(C)C. The van der Waals surface area contributed by atoms with E-state index in [0.717, 1.165) is 6.42 Å². The number of hydrogen-bond acceptors (Lipinski definition) is 3. The summed E-state index contributed by atoms with van der Waals surface area (Å²) in [5.41, 5.74) is 0. The van der Waals surface area contributed by atoms with Gasteiger partial charge in [-0.15, -0.1) is 0 Å². The van der Waals surface area contributed by atoms with Crippen LogP contribution in [-0.4, -0.2) is 27.5 Å². The molecule has 0 radical (unpaired) electrons. The Morgan fingerprint density at radius 3 is 2.33 bits per heavy atom. The quantitative estimate of drug-likeness (QED) is 0.583. The Labute approximate surface area is 111 Å². The Kier molecular flexibility index (Phi) is 3.39. The van der Waals surface area contributed by atoms with Crippen molar-refractivity contribution in [2.75, 3.05) is 7.11 Å². The highest BCUT2D eigenvalue weighted by atomic mass is 28.4. The fourth-order valence-corrected chi connectivity index (χ4v) is 4.14. The van der Waals surface area contributed by atoms with Crippen molar-refractivity contribution in [1.82, 2.24) is 0 Å². The molecule has 2 aliphatic carbocycles. The molecule has 2 saturated carbocycles. The molecule has 0 N–H and O–H groups in total. The van der Waals surface area contributed by atoms with Crippen molar-refractivity contribution < 1.29 is 14.0 Å². The van der Waals surface area contributed by atoms with Crippen molar-refractivity contribution in [2.45, 2.75) is 57.8 Å². The van der Waals surface area contributed by atoms with Gasteiger partial charge in [-0.1, -0.05) is 20.8 Å². The van der Waals surface area contributed by atoms with Crippen LogP contribution in [0.4, 0.5) is 0 Å². The molecular weight excluding hydrogens is 244 g/mol. The molecule has 0 bridgehead atoms. The third-order valence-electron chi connectivity index (χ3n) is 5.09. The van der Waals surface area contributed by atoms with Crippen LogP contribution in [0.15, 0.2) is 0 Å². The number of rotatable bonds is 3. The highest BCUT2D eigenvalue weighted by Crippen LogP contribution is 2.57. The number of carbonyl (C=O) groups is 1. The van der Waals surface area contributed by atoms with Gasteiger partial charge in [0.05, 0.1) is 19.1 Å². The van der Waals surface area contributed by atoms with Gasteiger partial charge < -0.3 is 9.16 Å². The lowest BCUT2D eigenvalue weighted by Crippen LogP contribution is -2.46. The van der Waals surface area contributed by atoms with Crippen molar-refractivity contribution in [1.29, 1.82) is 0 Å². The average Bonchev–Trinajstić information content (AvgIpc) is 2.93. The van der Waals surface area contributed by atoms with E-state index in [1.54, 1.807) is 0 Å². The zero-order valence-corrected chi connectivity index (χ0v) is 13.4. The van der Waals surface area contributed by atoms with Gasteiger partial charge in [0.1, 0.15) is 0 Å². The molecule has 0 saturated heterocycles. The molecule has 2 aliphatic rings. The van der Waals surface area contributed by atoms with Gasteiger partial charge in [-0.3, -0.25) is 4.79 Å². The summed E-state index contributed by atoms with van der Waals surface area (Å²) >= 11 is 0. The molecule has 104 valence electrons. The summed E-state index contributed by atoms with van der Waals surface area (Å²) in [6, 6.07) is 0. The van der Waals surface area contributed by atoms with E-state index in [1.807, 2.05) is 0 Å². The molecule has 18 heavy (non-hydrogen) atoms. The third kappa shape index (κ3) is 2.37. The first-order valence-electron chi connectivity index (χ1n) is 6.93. The number of ether oxygens (including phenoxy) is 1. The van der Waals surface area contributed by atoms with Crippen LogP contribution < -0.4 is 0 Å². The van der Waals surface area contributed by atoms with Crippen molar-refractivity contribution in [2.24, 2.45) is 17.8 Å². The number of hydrogen-bond donors (Lipinski definition) is 0. The van der Waals surface area contributed by atoms with Gasteiger partial charge in [-0.05, 0) is 42.8 Å². The summed E-state index contributed by atoms with van der Waals surface area (Å²) in [6.07, 6.45) is 2.33. The molecule has 0 heterocycles. The first-order chi connectivity index (χ1) is 8.17. The molecule has 3 nitrogen and oxygen atoms in total. The smallest absolute Gasteiger partial charge is 0.311 e. The van der Waals surface area contributed by atoms with Crippen molar-refractivity contribution >= 4 is 14.3 Å². The Balaban J connectivity index is 2.09. The van der Waals surface area contributed by atoms with Gasteiger partial charge in [-0.25, -0.2) is 0 Å². The topological polar surface area (TPSA) is 35.5 Å². The van der Waals surface area contributed by atoms with Crippen LogP contribution in [0.2, 0.25) is 18.1 Å². The zero-order valence-electron chi connectivity index (χ0n) is 12.4. The van der Waals surface area contributed by atoms with Crippen LogP contribution in [0, 0.1) is 17.8 Å². The first kappa shape index (κ1) is 14.1. The second-order valence-electron chi connectivity index (χ2n) is 7.37. The molecule has 2 rings (SSSR count). The minimum absolute atomic E-state index is 0.0205. The second kappa shape index (κ2) is 4.34. The van der Waals surface area contributed by atoms with Crippen LogP contribution in [0.25, 0.3) is 0 Å². The number of carbonyl (C=O) groups excluding carboxylic acids is 1. The van der Waals surface area contributed by atoms with Gasteiger partial charge >= 0.3 is 5.97 Å². The fraction of sp³-hybridized carbons (Fsp3) is 0.929. The fourth-order valence-electron chi connectivity index (χ4n) is 2.77. The minimum Gasteiger partial charge on any atom is -0.469 e. The van der Waals surface area contributed by atoms with E-state index in [-0.39, 0.29) is 23.0 Å². The molecule has 0 aromatic carbocycles. The van der Waals surface area contributed by atoms with Crippen molar-refractivity contribution in [3.8, 4) is 0 Å². The predicted molar refractivity (Wildman–Crippen MR) is 73.8 cm³/mol. The summed E-state index contributed by atoms with van der Waals surface area (Å²) in [7, 11) is -0.311. The van der Waals surface area contributed by atoms with Crippen molar-refractivity contribution in [3.05, 3.63) is 0 Å². The van der Waals surface area contributed by atoms with Gasteiger partial charge in [0.2, 0.25) is 0 Å². The Morgan fingerprint density at radius 1 is 1.22 bits per heavy atom. The number of methoxy groups -OCH3 is 1. The molecule has 4 atom stereocenters. The van der Waals surface area contributed by atoms with E-state index in [4.69, 9.17) is 9.16 Å². The maximum absolute atomic E-state index is 11.8. The average molecular weight is 270 g/mol. The first-order valence-corrected chi connectivity index (χ1v) is 9.84. The van der Waals surface area contributed by atoms with Gasteiger partial charge in [0.25, 0.3) is 0 Å². The van der Waals surface area contributed by atoms with Crippen LogP contribution in [0.3, 0.4) is 0 Å². The van der Waals surface area contributed by atoms with Crippen LogP contribution in [-0.2, 0) is 14.0 Å². The lowest BCUT2D eigenvalue weighted by atomic mass is 10.0. The standard InChI is InChI=1S/C14H26O3Si/c1-14(2,3)18(5,6)17-12-10-7-9(10)8-11(12)13(15)16-4/h9-12H,7-8H2,1-6H3/t9?,10?,11-,12-/m1/s1. The molecule has 0 amide bonds. The van der Waals surface area contributed by atoms with E-state index >= 15 is 0 Å². The molecular formula is C14H26O3Si. The Morgan fingerprint density at radius 2 is 1.83 bits per heavy atom. The van der Waals surface area contributed by atoms with E-state index < -0.39 is 8.32 Å². The number of esters is 1. The Hall–Kier alpha value is -0.353. The lowest BCUT2D eigenvalue weighted by molar-refractivity contribution is -0.148. The van der Waals surface area contributed by atoms with Gasteiger partial charge in [0.15, 0.2) is 8.32 Å². The predicted octanol–water partition coefficient (Wildman–Crippen LogP) is 3.21. The minimum atomic E-state index is -1.79. The summed E-state index contributed by atoms with van der Waals surface area (Å²) in [4.78, 5) is 11.8. The van der Waals surface area contributed by atoms with Crippen LogP contribution in [0.1, 0.15) is 33.6 Å². The Bertz CT molecular complexity index is 345. The van der Waals surface area contributed by atoms with Crippen LogP contribution in [0.5, 0.6) is 0 Å². The van der Waals surface area contributed by atoms with E-state index in [0.29, 0.717) is 11.8 Å². The molecule has 4 heteroatoms. The van der Waals surface area contributed by atoms with E-state index in [2.05, 4.69) is 33.9 Å². The summed E-state index contributed by atoms with van der Waals surface area (Å²) in [5, 5.41) is 0.195. The molecule has 0 spiro atoms. The summed E-state index contributed by atoms with van der Waals surface area (Å²) < 4.78 is 11.4. The number of fused-ring (bicyclic) bond motifs is 1. The molecule has 0 aliphatic heterocycles. The monoisotopic (exact) mass is 270 g/mol. The third-order valence-corrected chi connectivity index (χ3v) is 9.57. The van der Waals surface area contributed by atoms with Gasteiger partial charge in [-0.2, -0.15) is 0 Å². The van der Waals surface area contributed by atoms with E-state index in [1.165, 1.54) is 13.5 Å². The zero-order chi connectivity index (χ0) is 13.7. The maximum Gasteiger partial charge on any atom is 0.311 e. The molecule has 0 aromatic rings. The summed E-state index contributed by atoms with van der Waals surface area (Å²) in [6.45, 7) is 11.2. The molecule has 2 fully saturated rings. The van der Waals surface area contributed by atoms with Crippen LogP contribution >= 0.6 is 0 Å². The lowest BCUT2D eigenvalue weighted by Gasteiger charge is -2.40. The van der Waals surface area contributed by atoms with E-state index in [9.17, 15) is 4.79 Å². The molecule has 2 unspecified atom stereocenters. The summed E-state index contributed by atoms with van der Waals surface area (Å²) in [5.74, 6) is 1.23. The van der Waals surface area contributed by atoms with Gasteiger partial charge in [0, 0.05) is 0 Å². The second-order valence-corrected chi connectivity index (χ2v) is 12.1.